The average molecular weight is 221 g/mol. The predicted octanol–water partition coefficient (Wildman–Crippen LogP) is 1.17. The lowest BCUT2D eigenvalue weighted by Crippen LogP contribution is -2.45. The van der Waals surface area contributed by atoms with E-state index >= 15 is 0 Å². The molecule has 1 aromatic heterocycles. The molecule has 16 heavy (non-hydrogen) atoms. The predicted molar refractivity (Wildman–Crippen MR) is 61.9 cm³/mol. The van der Waals surface area contributed by atoms with E-state index in [-0.39, 0.29) is 0 Å². The number of rotatable bonds is 2. The van der Waals surface area contributed by atoms with E-state index in [1.54, 1.807) is 18.5 Å². The van der Waals surface area contributed by atoms with Crippen molar-refractivity contribution in [3.63, 3.8) is 0 Å². The molecule has 2 heterocycles. The van der Waals surface area contributed by atoms with E-state index in [9.17, 15) is 5.11 Å². The van der Waals surface area contributed by atoms with Crippen LogP contribution in [0.2, 0.25) is 0 Å². The lowest BCUT2D eigenvalue weighted by molar-refractivity contribution is -0.0391. The van der Waals surface area contributed by atoms with Crippen LogP contribution in [0.3, 0.4) is 0 Å². The molecule has 1 aliphatic rings. The van der Waals surface area contributed by atoms with Gasteiger partial charge >= 0.3 is 0 Å². The second-order valence-electron chi connectivity index (χ2n) is 4.73. The Morgan fingerprint density at radius 1 is 1.25 bits per heavy atom. The Morgan fingerprint density at radius 2 is 1.81 bits per heavy atom. The van der Waals surface area contributed by atoms with Gasteiger partial charge in [-0.15, -0.1) is 0 Å². The molecule has 0 aliphatic carbocycles. The molecule has 0 spiro atoms. The van der Waals surface area contributed by atoms with E-state index < -0.39 is 5.60 Å². The van der Waals surface area contributed by atoms with Crippen LogP contribution in [-0.4, -0.2) is 39.1 Å². The van der Waals surface area contributed by atoms with Gasteiger partial charge in [-0.2, -0.15) is 0 Å². The summed E-state index contributed by atoms with van der Waals surface area (Å²) in [5.41, 5.74) is -0.827. The van der Waals surface area contributed by atoms with Crippen molar-refractivity contribution in [1.29, 1.82) is 0 Å². The van der Waals surface area contributed by atoms with Gasteiger partial charge in [0.25, 0.3) is 0 Å². The van der Waals surface area contributed by atoms with Crippen molar-refractivity contribution in [2.75, 3.05) is 13.1 Å². The second-order valence-corrected chi connectivity index (χ2v) is 4.73. The number of aromatic nitrogens is 2. The van der Waals surface area contributed by atoms with E-state index in [4.69, 9.17) is 0 Å². The number of nitrogens with zero attached hydrogens (tertiary/aromatic N) is 3. The van der Waals surface area contributed by atoms with Crippen molar-refractivity contribution in [2.45, 2.75) is 38.3 Å². The molecule has 0 bridgehead atoms. The number of hydrogen-bond donors (Lipinski definition) is 1. The maximum Gasteiger partial charge on any atom is 0.160 e. The minimum Gasteiger partial charge on any atom is -0.382 e. The molecule has 0 saturated carbocycles. The van der Waals surface area contributed by atoms with Crippen LogP contribution in [0.15, 0.2) is 18.5 Å². The van der Waals surface area contributed by atoms with E-state index in [1.165, 1.54) is 0 Å². The van der Waals surface area contributed by atoms with Crippen LogP contribution in [0.5, 0.6) is 0 Å². The molecule has 88 valence electrons. The minimum atomic E-state index is -0.827. The molecule has 4 nitrogen and oxygen atoms in total. The summed E-state index contributed by atoms with van der Waals surface area (Å²) in [4.78, 5) is 10.7. The van der Waals surface area contributed by atoms with Crippen molar-refractivity contribution in [1.82, 2.24) is 14.9 Å². The first-order valence-corrected chi connectivity index (χ1v) is 5.86. The molecule has 0 unspecified atom stereocenters. The summed E-state index contributed by atoms with van der Waals surface area (Å²) in [7, 11) is 0. The smallest absolute Gasteiger partial charge is 0.160 e. The fourth-order valence-corrected chi connectivity index (χ4v) is 2.17. The summed E-state index contributed by atoms with van der Waals surface area (Å²) in [5, 5.41) is 10.5. The first kappa shape index (κ1) is 11.5. The van der Waals surface area contributed by atoms with E-state index in [2.05, 4.69) is 28.7 Å². The van der Waals surface area contributed by atoms with Gasteiger partial charge in [-0.25, -0.2) is 9.97 Å². The maximum absolute atomic E-state index is 10.5. The first-order valence-electron chi connectivity index (χ1n) is 5.86. The van der Waals surface area contributed by atoms with Gasteiger partial charge in [-0.05, 0) is 32.8 Å². The third-order valence-electron chi connectivity index (χ3n) is 3.34. The standard InChI is InChI=1S/C12H19N3O/c1-10(2)15-8-4-12(16,5-9-15)11-13-6-3-7-14-11/h3,6-7,10,16H,4-5,8-9H2,1-2H3. The van der Waals surface area contributed by atoms with E-state index in [0.717, 1.165) is 25.9 Å². The van der Waals surface area contributed by atoms with Gasteiger partial charge in [0.15, 0.2) is 5.82 Å². The molecule has 1 fully saturated rings. The highest BCUT2D eigenvalue weighted by molar-refractivity contribution is 5.04. The van der Waals surface area contributed by atoms with Gasteiger partial charge in [0, 0.05) is 31.5 Å². The van der Waals surface area contributed by atoms with Crippen LogP contribution >= 0.6 is 0 Å². The zero-order chi connectivity index (χ0) is 11.6. The third-order valence-corrected chi connectivity index (χ3v) is 3.34. The monoisotopic (exact) mass is 221 g/mol. The number of hydrogen-bond acceptors (Lipinski definition) is 4. The Bertz CT molecular complexity index is 331. The van der Waals surface area contributed by atoms with Gasteiger partial charge in [-0.1, -0.05) is 0 Å². The number of aliphatic hydroxyl groups is 1. The SMILES string of the molecule is CC(C)N1CCC(O)(c2ncccn2)CC1. The highest BCUT2D eigenvalue weighted by atomic mass is 16.3. The molecule has 0 amide bonds. The first-order chi connectivity index (χ1) is 7.62. The van der Waals surface area contributed by atoms with Gasteiger partial charge in [0.1, 0.15) is 5.60 Å². The summed E-state index contributed by atoms with van der Waals surface area (Å²) >= 11 is 0. The summed E-state index contributed by atoms with van der Waals surface area (Å²) in [5.74, 6) is 0.568. The summed E-state index contributed by atoms with van der Waals surface area (Å²) < 4.78 is 0. The maximum atomic E-state index is 10.5. The van der Waals surface area contributed by atoms with Crippen LogP contribution in [0.1, 0.15) is 32.5 Å². The lowest BCUT2D eigenvalue weighted by Gasteiger charge is -2.38. The van der Waals surface area contributed by atoms with E-state index in [0.29, 0.717) is 11.9 Å². The zero-order valence-electron chi connectivity index (χ0n) is 9.93. The molecule has 1 saturated heterocycles. The van der Waals surface area contributed by atoms with Crippen LogP contribution in [0.4, 0.5) is 0 Å². The molecular weight excluding hydrogens is 202 g/mol. The molecule has 1 aromatic rings. The zero-order valence-corrected chi connectivity index (χ0v) is 9.93. The average Bonchev–Trinajstić information content (AvgIpc) is 2.31. The van der Waals surface area contributed by atoms with E-state index in [1.807, 2.05) is 0 Å². The number of likely N-dealkylation sites (tertiary alicyclic amines) is 1. The molecule has 1 N–H and O–H groups in total. The van der Waals surface area contributed by atoms with Crippen molar-refractivity contribution in [3.05, 3.63) is 24.3 Å². The van der Waals surface area contributed by atoms with Crippen molar-refractivity contribution in [3.8, 4) is 0 Å². The fraction of sp³-hybridized carbons (Fsp3) is 0.667. The Morgan fingerprint density at radius 3 is 2.31 bits per heavy atom. The Hall–Kier alpha value is -1.00. The summed E-state index contributed by atoms with van der Waals surface area (Å²) in [6, 6.07) is 2.32. The quantitative estimate of drug-likeness (QED) is 0.814. The van der Waals surface area contributed by atoms with Crippen molar-refractivity contribution >= 4 is 0 Å². The normalized spacial score (nSPS) is 21.2. The Labute approximate surface area is 96.3 Å². The molecule has 0 aromatic carbocycles. The minimum absolute atomic E-state index is 0.543. The number of piperidine rings is 1. The molecular formula is C12H19N3O. The molecule has 2 rings (SSSR count). The molecule has 0 radical (unpaired) electrons. The van der Waals surface area contributed by atoms with Crippen molar-refractivity contribution in [2.24, 2.45) is 0 Å². The van der Waals surface area contributed by atoms with Crippen LogP contribution in [0.25, 0.3) is 0 Å². The fourth-order valence-electron chi connectivity index (χ4n) is 2.17. The topological polar surface area (TPSA) is 49.2 Å². The summed E-state index contributed by atoms with van der Waals surface area (Å²) in [6.45, 7) is 6.19. The van der Waals surface area contributed by atoms with Gasteiger partial charge in [0.2, 0.25) is 0 Å². The van der Waals surface area contributed by atoms with Crippen molar-refractivity contribution < 1.29 is 5.11 Å². The largest absolute Gasteiger partial charge is 0.382 e. The van der Waals surface area contributed by atoms with Crippen LogP contribution < -0.4 is 0 Å². The van der Waals surface area contributed by atoms with Gasteiger partial charge in [-0.3, -0.25) is 0 Å². The molecule has 0 atom stereocenters. The second kappa shape index (κ2) is 4.47. The third kappa shape index (κ3) is 2.23. The summed E-state index contributed by atoms with van der Waals surface area (Å²) in [6.07, 6.45) is 4.81. The highest BCUT2D eigenvalue weighted by Gasteiger charge is 2.36. The molecule has 1 aliphatic heterocycles. The lowest BCUT2D eigenvalue weighted by atomic mass is 9.90. The van der Waals surface area contributed by atoms with Crippen LogP contribution in [-0.2, 0) is 5.60 Å². The Kier molecular flexibility index (Phi) is 3.21. The van der Waals surface area contributed by atoms with Crippen LogP contribution in [0, 0.1) is 0 Å². The van der Waals surface area contributed by atoms with Gasteiger partial charge in [0.05, 0.1) is 0 Å². The molecule has 4 heteroatoms. The Balaban J connectivity index is 2.07. The van der Waals surface area contributed by atoms with Gasteiger partial charge < -0.3 is 10.0 Å². The highest BCUT2D eigenvalue weighted by Crippen LogP contribution is 2.30.